The molecular weight excluding hydrogens is 433 g/mol. The van der Waals surface area contributed by atoms with Gasteiger partial charge in [0.1, 0.15) is 0 Å². The Morgan fingerprint density at radius 1 is 0.903 bits per heavy atom. The molecule has 0 spiro atoms. The van der Waals surface area contributed by atoms with Gasteiger partial charge in [0, 0.05) is 46.6 Å². The van der Waals surface area contributed by atoms with E-state index < -0.39 is 0 Å². The number of hydrogen-bond donors (Lipinski definition) is 1. The second-order valence-corrected chi connectivity index (χ2v) is 8.22. The van der Waals surface area contributed by atoms with Crippen molar-refractivity contribution >= 4 is 46.5 Å². The van der Waals surface area contributed by atoms with Gasteiger partial charge in [-0.2, -0.15) is 0 Å². The Labute approximate surface area is 191 Å². The minimum atomic E-state index is -0.258. The summed E-state index contributed by atoms with van der Waals surface area (Å²) in [4.78, 5) is 29.3. The Hall–Kier alpha value is -3.02. The Morgan fingerprint density at radius 3 is 2.45 bits per heavy atom. The maximum atomic E-state index is 13.1. The van der Waals surface area contributed by atoms with E-state index in [4.69, 9.17) is 23.2 Å². The molecule has 158 valence electrons. The first-order chi connectivity index (χ1) is 15.0. The van der Waals surface area contributed by atoms with Gasteiger partial charge in [-0.05, 0) is 60.5 Å². The first kappa shape index (κ1) is 21.2. The van der Waals surface area contributed by atoms with E-state index in [0.717, 1.165) is 12.0 Å². The summed E-state index contributed by atoms with van der Waals surface area (Å²) < 4.78 is 0. The van der Waals surface area contributed by atoms with Crippen molar-refractivity contribution in [3.8, 4) is 0 Å². The maximum absolute atomic E-state index is 13.1. The number of nitrogens with one attached hydrogen (secondary N) is 1. The molecule has 3 amide bonds. The number of carbonyl (C=O) groups excluding carboxylic acids is 2. The van der Waals surface area contributed by atoms with Crippen LogP contribution in [0.2, 0.25) is 10.0 Å². The number of urea groups is 1. The molecule has 1 saturated heterocycles. The predicted octanol–water partition coefficient (Wildman–Crippen LogP) is 6.08. The molecule has 4 rings (SSSR count). The summed E-state index contributed by atoms with van der Waals surface area (Å²) in [6.07, 6.45) is 0.846. The molecule has 1 N–H and O–H groups in total. The Kier molecular flexibility index (Phi) is 6.44. The van der Waals surface area contributed by atoms with Crippen molar-refractivity contribution in [3.05, 3.63) is 94.0 Å². The van der Waals surface area contributed by atoms with Gasteiger partial charge in [-0.15, -0.1) is 0 Å². The third-order valence-electron chi connectivity index (χ3n) is 5.10. The fourth-order valence-electron chi connectivity index (χ4n) is 3.56. The number of rotatable bonds is 5. The van der Waals surface area contributed by atoms with Crippen LogP contribution < -0.4 is 10.2 Å². The van der Waals surface area contributed by atoms with E-state index in [1.165, 1.54) is 0 Å². The SMILES string of the molecule is O=C(Nc1cccc(Cl)c1)c1cccc(N2CCCN(Cc3ccc(Cl)cc3)C2=O)c1. The second kappa shape index (κ2) is 9.41. The van der Waals surface area contributed by atoms with Crippen LogP contribution in [0.4, 0.5) is 16.2 Å². The highest BCUT2D eigenvalue weighted by atomic mass is 35.5. The fourth-order valence-corrected chi connectivity index (χ4v) is 3.88. The molecule has 3 aromatic carbocycles. The fraction of sp³-hybridized carbons (Fsp3) is 0.167. The zero-order valence-corrected chi connectivity index (χ0v) is 18.2. The second-order valence-electron chi connectivity index (χ2n) is 7.35. The van der Waals surface area contributed by atoms with Crippen LogP contribution >= 0.6 is 23.2 Å². The van der Waals surface area contributed by atoms with Gasteiger partial charge in [-0.3, -0.25) is 9.69 Å². The summed E-state index contributed by atoms with van der Waals surface area (Å²) in [5.74, 6) is -0.258. The van der Waals surface area contributed by atoms with Crippen molar-refractivity contribution in [2.24, 2.45) is 0 Å². The molecule has 0 unspecified atom stereocenters. The number of carbonyl (C=O) groups is 2. The molecule has 1 fully saturated rings. The molecule has 0 aliphatic carbocycles. The molecule has 0 saturated carbocycles. The third kappa shape index (κ3) is 5.19. The van der Waals surface area contributed by atoms with Crippen LogP contribution in [0.3, 0.4) is 0 Å². The third-order valence-corrected chi connectivity index (χ3v) is 5.59. The topological polar surface area (TPSA) is 52.7 Å². The quantitative estimate of drug-likeness (QED) is 0.508. The highest BCUT2D eigenvalue weighted by Crippen LogP contribution is 2.24. The first-order valence-corrected chi connectivity index (χ1v) is 10.7. The van der Waals surface area contributed by atoms with Crippen LogP contribution in [-0.2, 0) is 6.54 Å². The van der Waals surface area contributed by atoms with E-state index in [1.807, 2.05) is 35.2 Å². The normalized spacial score (nSPS) is 13.9. The molecule has 0 radical (unpaired) electrons. The molecule has 0 atom stereocenters. The summed E-state index contributed by atoms with van der Waals surface area (Å²) in [6, 6.07) is 21.5. The zero-order chi connectivity index (χ0) is 21.8. The van der Waals surface area contributed by atoms with Crippen LogP contribution in [0.5, 0.6) is 0 Å². The van der Waals surface area contributed by atoms with Gasteiger partial charge in [-0.1, -0.05) is 47.5 Å². The molecule has 5 nitrogen and oxygen atoms in total. The summed E-state index contributed by atoms with van der Waals surface area (Å²) in [5, 5.41) is 4.06. The average Bonchev–Trinajstić information content (AvgIpc) is 2.77. The molecule has 1 heterocycles. The van der Waals surface area contributed by atoms with E-state index in [0.29, 0.717) is 46.6 Å². The van der Waals surface area contributed by atoms with E-state index in [1.54, 1.807) is 47.4 Å². The largest absolute Gasteiger partial charge is 0.324 e. The van der Waals surface area contributed by atoms with Gasteiger partial charge in [0.2, 0.25) is 0 Å². The van der Waals surface area contributed by atoms with E-state index in [9.17, 15) is 9.59 Å². The van der Waals surface area contributed by atoms with Crippen LogP contribution in [0.1, 0.15) is 22.3 Å². The van der Waals surface area contributed by atoms with Crippen LogP contribution in [-0.4, -0.2) is 29.9 Å². The highest BCUT2D eigenvalue weighted by molar-refractivity contribution is 6.31. The lowest BCUT2D eigenvalue weighted by molar-refractivity contribution is 0.102. The van der Waals surface area contributed by atoms with Crippen molar-refractivity contribution < 1.29 is 9.59 Å². The number of hydrogen-bond acceptors (Lipinski definition) is 2. The Balaban J connectivity index is 1.49. The number of nitrogens with zero attached hydrogens (tertiary/aromatic N) is 2. The number of anilines is 2. The lowest BCUT2D eigenvalue weighted by atomic mass is 10.1. The summed E-state index contributed by atoms with van der Waals surface area (Å²) in [7, 11) is 0. The maximum Gasteiger partial charge on any atom is 0.324 e. The zero-order valence-electron chi connectivity index (χ0n) is 16.7. The summed E-state index contributed by atoms with van der Waals surface area (Å²) in [6.45, 7) is 1.81. The smallest absolute Gasteiger partial charge is 0.322 e. The van der Waals surface area contributed by atoms with Crippen molar-refractivity contribution in [2.45, 2.75) is 13.0 Å². The molecular formula is C24H21Cl2N3O2. The number of amides is 3. The first-order valence-electron chi connectivity index (χ1n) is 9.97. The standard InChI is InChI=1S/C24H21Cl2N3O2/c25-19-10-8-17(9-11-19)16-28-12-3-13-29(24(28)31)22-7-1-4-18(14-22)23(30)27-21-6-2-5-20(26)15-21/h1-2,4-11,14-15H,3,12-13,16H2,(H,27,30). The molecule has 0 bridgehead atoms. The molecule has 31 heavy (non-hydrogen) atoms. The monoisotopic (exact) mass is 453 g/mol. The molecule has 1 aliphatic heterocycles. The lowest BCUT2D eigenvalue weighted by Gasteiger charge is -2.35. The van der Waals surface area contributed by atoms with E-state index >= 15 is 0 Å². The predicted molar refractivity (Wildman–Crippen MR) is 125 cm³/mol. The average molecular weight is 454 g/mol. The minimum absolute atomic E-state index is 0.0754. The van der Waals surface area contributed by atoms with Crippen LogP contribution in [0.15, 0.2) is 72.8 Å². The summed E-state index contributed by atoms with van der Waals surface area (Å²) in [5.41, 5.74) is 2.81. The van der Waals surface area contributed by atoms with E-state index in [2.05, 4.69) is 5.32 Å². The Morgan fingerprint density at radius 2 is 1.68 bits per heavy atom. The highest BCUT2D eigenvalue weighted by Gasteiger charge is 2.27. The Bertz CT molecular complexity index is 1100. The van der Waals surface area contributed by atoms with Crippen molar-refractivity contribution in [2.75, 3.05) is 23.3 Å². The molecule has 1 aliphatic rings. The molecule has 7 heteroatoms. The van der Waals surface area contributed by atoms with Crippen LogP contribution in [0, 0.1) is 0 Å². The van der Waals surface area contributed by atoms with Crippen molar-refractivity contribution in [1.82, 2.24) is 4.90 Å². The van der Waals surface area contributed by atoms with Gasteiger partial charge in [0.05, 0.1) is 0 Å². The molecule has 3 aromatic rings. The van der Waals surface area contributed by atoms with Gasteiger partial charge in [-0.25, -0.2) is 4.79 Å². The van der Waals surface area contributed by atoms with Crippen molar-refractivity contribution in [3.63, 3.8) is 0 Å². The number of halogens is 2. The van der Waals surface area contributed by atoms with Gasteiger partial charge >= 0.3 is 6.03 Å². The number of benzene rings is 3. The summed E-state index contributed by atoms with van der Waals surface area (Å²) >= 11 is 11.9. The van der Waals surface area contributed by atoms with Gasteiger partial charge in [0.15, 0.2) is 0 Å². The van der Waals surface area contributed by atoms with Crippen LogP contribution in [0.25, 0.3) is 0 Å². The van der Waals surface area contributed by atoms with Gasteiger partial charge < -0.3 is 10.2 Å². The van der Waals surface area contributed by atoms with E-state index in [-0.39, 0.29) is 11.9 Å². The minimum Gasteiger partial charge on any atom is -0.322 e. The lowest BCUT2D eigenvalue weighted by Crippen LogP contribution is -2.49. The van der Waals surface area contributed by atoms with Crippen molar-refractivity contribution in [1.29, 1.82) is 0 Å². The van der Waals surface area contributed by atoms with Gasteiger partial charge in [0.25, 0.3) is 5.91 Å². The molecule has 0 aromatic heterocycles.